The largest absolute Gasteiger partial charge is 0.368 e. The van der Waals surface area contributed by atoms with E-state index in [0.29, 0.717) is 12.3 Å². The van der Waals surface area contributed by atoms with Crippen molar-refractivity contribution in [3.63, 3.8) is 0 Å². The van der Waals surface area contributed by atoms with Crippen molar-refractivity contribution in [1.29, 1.82) is 0 Å². The highest BCUT2D eigenvalue weighted by Crippen LogP contribution is 2.17. The molecular weight excluding hydrogens is 286 g/mol. The van der Waals surface area contributed by atoms with E-state index in [9.17, 15) is 4.79 Å². The van der Waals surface area contributed by atoms with Crippen LogP contribution < -0.4 is 4.90 Å². The second-order valence-electron chi connectivity index (χ2n) is 7.00. The van der Waals surface area contributed by atoms with Crippen LogP contribution in [-0.4, -0.2) is 61.5 Å². The van der Waals surface area contributed by atoms with Gasteiger partial charge in [-0.2, -0.15) is 0 Å². The molecule has 3 rings (SSSR count). The maximum Gasteiger partial charge on any atom is 0.223 e. The van der Waals surface area contributed by atoms with Gasteiger partial charge in [0.25, 0.3) is 0 Å². The van der Waals surface area contributed by atoms with Crippen molar-refractivity contribution >= 4 is 11.6 Å². The smallest absolute Gasteiger partial charge is 0.223 e. The van der Waals surface area contributed by atoms with E-state index in [4.69, 9.17) is 0 Å². The van der Waals surface area contributed by atoms with Crippen LogP contribution in [0.3, 0.4) is 0 Å². The zero-order valence-electron chi connectivity index (χ0n) is 14.3. The van der Waals surface area contributed by atoms with Gasteiger partial charge in [0.05, 0.1) is 0 Å². The molecule has 0 aromatic heterocycles. The molecule has 4 nitrogen and oxygen atoms in total. The first-order valence-corrected chi connectivity index (χ1v) is 9.02. The number of carbonyl (C=O) groups is 1. The molecule has 1 atom stereocenters. The number of rotatable bonds is 4. The molecule has 2 saturated heterocycles. The van der Waals surface area contributed by atoms with Gasteiger partial charge in [-0.15, -0.1) is 0 Å². The molecule has 1 unspecified atom stereocenters. The number of piperazine rings is 1. The Morgan fingerprint density at radius 3 is 2.52 bits per heavy atom. The zero-order valence-corrected chi connectivity index (χ0v) is 14.3. The van der Waals surface area contributed by atoms with Crippen molar-refractivity contribution in [2.24, 2.45) is 5.92 Å². The van der Waals surface area contributed by atoms with Crippen LogP contribution in [0.25, 0.3) is 0 Å². The van der Waals surface area contributed by atoms with Crippen molar-refractivity contribution in [1.82, 2.24) is 9.80 Å². The SMILES string of the molecule is CC1CCCN(CCC(=O)N2CCN(c3ccccc3)CC2)C1. The van der Waals surface area contributed by atoms with Crippen LogP contribution in [0.5, 0.6) is 0 Å². The summed E-state index contributed by atoms with van der Waals surface area (Å²) in [7, 11) is 0. The Bertz CT molecular complexity index is 497. The Balaban J connectivity index is 1.41. The highest BCUT2D eigenvalue weighted by molar-refractivity contribution is 5.76. The molecule has 0 saturated carbocycles. The molecule has 0 spiro atoms. The van der Waals surface area contributed by atoms with Crippen molar-refractivity contribution in [2.45, 2.75) is 26.2 Å². The number of benzene rings is 1. The summed E-state index contributed by atoms with van der Waals surface area (Å²) in [5, 5.41) is 0. The summed E-state index contributed by atoms with van der Waals surface area (Å²) in [5.74, 6) is 1.12. The van der Waals surface area contributed by atoms with Crippen LogP contribution in [0.15, 0.2) is 30.3 Å². The molecule has 1 amide bonds. The number of amides is 1. The fourth-order valence-corrected chi connectivity index (χ4v) is 3.75. The first-order chi connectivity index (χ1) is 11.2. The summed E-state index contributed by atoms with van der Waals surface area (Å²) in [5.41, 5.74) is 1.27. The average molecular weight is 315 g/mol. The van der Waals surface area contributed by atoms with Gasteiger partial charge < -0.3 is 14.7 Å². The van der Waals surface area contributed by atoms with E-state index in [1.807, 2.05) is 11.0 Å². The Kier molecular flexibility index (Phi) is 5.55. The van der Waals surface area contributed by atoms with Gasteiger partial charge >= 0.3 is 0 Å². The Labute approximate surface area is 140 Å². The molecule has 4 heteroatoms. The van der Waals surface area contributed by atoms with Crippen LogP contribution in [0.1, 0.15) is 26.2 Å². The van der Waals surface area contributed by atoms with Crippen molar-refractivity contribution < 1.29 is 4.79 Å². The first-order valence-electron chi connectivity index (χ1n) is 9.02. The topological polar surface area (TPSA) is 26.8 Å². The third kappa shape index (κ3) is 4.47. The van der Waals surface area contributed by atoms with Gasteiger partial charge in [0.1, 0.15) is 0 Å². The number of hydrogen-bond donors (Lipinski definition) is 0. The van der Waals surface area contributed by atoms with Crippen LogP contribution in [0.4, 0.5) is 5.69 Å². The second kappa shape index (κ2) is 7.82. The number of nitrogens with zero attached hydrogens (tertiary/aromatic N) is 3. The van der Waals surface area contributed by atoms with Gasteiger partial charge in [-0.1, -0.05) is 25.1 Å². The van der Waals surface area contributed by atoms with Crippen LogP contribution in [-0.2, 0) is 4.79 Å². The van der Waals surface area contributed by atoms with E-state index in [1.165, 1.54) is 25.1 Å². The van der Waals surface area contributed by atoms with Crippen molar-refractivity contribution in [3.05, 3.63) is 30.3 Å². The second-order valence-corrected chi connectivity index (χ2v) is 7.00. The summed E-state index contributed by atoms with van der Waals surface area (Å²) < 4.78 is 0. The normalized spacial score (nSPS) is 23.1. The minimum absolute atomic E-state index is 0.330. The van der Waals surface area contributed by atoms with Gasteiger partial charge in [-0.3, -0.25) is 4.79 Å². The maximum absolute atomic E-state index is 12.4. The predicted octanol–water partition coefficient (Wildman–Crippen LogP) is 2.46. The van der Waals surface area contributed by atoms with Crippen molar-refractivity contribution in [2.75, 3.05) is 50.7 Å². The number of carbonyl (C=O) groups excluding carboxylic acids is 1. The summed E-state index contributed by atoms with van der Waals surface area (Å²) in [6.45, 7) is 9.16. The molecule has 2 fully saturated rings. The van der Waals surface area contributed by atoms with Crippen LogP contribution >= 0.6 is 0 Å². The number of hydrogen-bond acceptors (Lipinski definition) is 3. The van der Waals surface area contributed by atoms with Gasteiger partial charge in [0.2, 0.25) is 5.91 Å². The molecule has 2 aliphatic heterocycles. The lowest BCUT2D eigenvalue weighted by Crippen LogP contribution is -2.49. The lowest BCUT2D eigenvalue weighted by Gasteiger charge is -2.37. The quantitative estimate of drug-likeness (QED) is 0.854. The van der Waals surface area contributed by atoms with Gasteiger partial charge in [0.15, 0.2) is 0 Å². The van der Waals surface area contributed by atoms with E-state index in [0.717, 1.165) is 45.2 Å². The molecule has 23 heavy (non-hydrogen) atoms. The molecule has 2 aliphatic rings. The molecule has 126 valence electrons. The highest BCUT2D eigenvalue weighted by atomic mass is 16.2. The summed E-state index contributed by atoms with van der Waals surface area (Å²) in [6.07, 6.45) is 3.30. The molecule has 0 radical (unpaired) electrons. The number of para-hydroxylation sites is 1. The monoisotopic (exact) mass is 315 g/mol. The lowest BCUT2D eigenvalue weighted by atomic mass is 10.0. The van der Waals surface area contributed by atoms with Crippen molar-refractivity contribution in [3.8, 4) is 0 Å². The van der Waals surface area contributed by atoms with E-state index < -0.39 is 0 Å². The fraction of sp³-hybridized carbons (Fsp3) is 0.632. The van der Waals surface area contributed by atoms with Crippen LogP contribution in [0.2, 0.25) is 0 Å². The summed E-state index contributed by atoms with van der Waals surface area (Å²) in [4.78, 5) is 19.3. The van der Waals surface area contributed by atoms with E-state index >= 15 is 0 Å². The molecular formula is C19H29N3O. The van der Waals surface area contributed by atoms with Crippen LogP contribution in [0, 0.1) is 5.92 Å². The third-order valence-corrected chi connectivity index (χ3v) is 5.14. The minimum Gasteiger partial charge on any atom is -0.368 e. The van der Waals surface area contributed by atoms with Gasteiger partial charge in [-0.25, -0.2) is 0 Å². The number of anilines is 1. The molecule has 0 aliphatic carbocycles. The first kappa shape index (κ1) is 16.3. The molecule has 1 aromatic carbocycles. The number of piperidine rings is 1. The summed E-state index contributed by atoms with van der Waals surface area (Å²) >= 11 is 0. The van der Waals surface area contributed by atoms with Gasteiger partial charge in [0, 0.05) is 51.4 Å². The molecule has 0 N–H and O–H groups in total. The summed E-state index contributed by atoms with van der Waals surface area (Å²) in [6, 6.07) is 10.5. The molecule has 2 heterocycles. The standard InChI is InChI=1S/C19H29N3O/c1-17-6-5-10-20(16-17)11-9-19(23)22-14-12-21(13-15-22)18-7-3-2-4-8-18/h2-4,7-8,17H,5-6,9-16H2,1H3. The Morgan fingerprint density at radius 1 is 1.09 bits per heavy atom. The highest BCUT2D eigenvalue weighted by Gasteiger charge is 2.22. The van der Waals surface area contributed by atoms with Gasteiger partial charge in [-0.05, 0) is 37.4 Å². The third-order valence-electron chi connectivity index (χ3n) is 5.14. The Morgan fingerprint density at radius 2 is 1.83 bits per heavy atom. The Hall–Kier alpha value is -1.55. The number of likely N-dealkylation sites (tertiary alicyclic amines) is 1. The maximum atomic E-state index is 12.4. The molecule has 0 bridgehead atoms. The fourth-order valence-electron chi connectivity index (χ4n) is 3.75. The molecule has 1 aromatic rings. The van der Waals surface area contributed by atoms with E-state index in [2.05, 4.69) is 41.0 Å². The lowest BCUT2D eigenvalue weighted by molar-refractivity contribution is -0.131. The average Bonchev–Trinajstić information content (AvgIpc) is 2.61. The van der Waals surface area contributed by atoms with E-state index in [-0.39, 0.29) is 0 Å². The predicted molar refractivity (Wildman–Crippen MR) is 94.7 cm³/mol. The minimum atomic E-state index is 0.330. The van der Waals surface area contributed by atoms with E-state index in [1.54, 1.807) is 0 Å². The zero-order chi connectivity index (χ0) is 16.1.